The molecular formula is C23H32N6O2. The van der Waals surface area contributed by atoms with Gasteiger partial charge in [0.1, 0.15) is 19.2 Å². The van der Waals surface area contributed by atoms with Gasteiger partial charge in [0.2, 0.25) is 11.8 Å². The van der Waals surface area contributed by atoms with Crippen LogP contribution in [0.5, 0.6) is 0 Å². The summed E-state index contributed by atoms with van der Waals surface area (Å²) in [6.07, 6.45) is 6.53. The molecule has 1 aromatic carbocycles. The third kappa shape index (κ3) is 6.13. The number of carbonyl (C=O) groups is 2. The van der Waals surface area contributed by atoms with E-state index >= 15 is 0 Å². The molecule has 8 heteroatoms. The summed E-state index contributed by atoms with van der Waals surface area (Å²) in [6, 6.07) is 10.5. The molecule has 2 amide bonds. The van der Waals surface area contributed by atoms with Crippen LogP contribution in [0.4, 0.5) is 0 Å². The Hall–Kier alpha value is -2.74. The largest absolute Gasteiger partial charge is 0.341 e. The van der Waals surface area contributed by atoms with Crippen LogP contribution in [0.2, 0.25) is 0 Å². The van der Waals surface area contributed by atoms with Gasteiger partial charge < -0.3 is 9.80 Å². The Labute approximate surface area is 183 Å². The van der Waals surface area contributed by atoms with E-state index in [9.17, 15) is 9.59 Å². The highest BCUT2D eigenvalue weighted by Crippen LogP contribution is 2.22. The number of aromatic nitrogens is 3. The molecule has 0 saturated carbocycles. The summed E-state index contributed by atoms with van der Waals surface area (Å²) in [5.41, 5.74) is 1.32. The molecule has 0 spiro atoms. The van der Waals surface area contributed by atoms with Crippen LogP contribution in [0, 0.1) is 5.92 Å². The standard InChI is InChI=1S/C23H32N6O2/c30-22(27-13-11-26(12-14-27)15-20-5-2-1-3-6-20)9-8-21-7-4-10-28(16-21)23(31)17-29-19-24-18-25-29/h1-3,5-6,18-19,21H,4,7-17H2. The van der Waals surface area contributed by atoms with Gasteiger partial charge in [-0.2, -0.15) is 5.10 Å². The van der Waals surface area contributed by atoms with E-state index in [1.54, 1.807) is 11.0 Å². The topological polar surface area (TPSA) is 74.6 Å². The quantitative estimate of drug-likeness (QED) is 0.676. The molecule has 4 rings (SSSR count). The second kappa shape index (κ2) is 10.5. The lowest BCUT2D eigenvalue weighted by Gasteiger charge is -2.36. The average molecular weight is 425 g/mol. The van der Waals surface area contributed by atoms with Crippen molar-refractivity contribution in [1.29, 1.82) is 0 Å². The van der Waals surface area contributed by atoms with Crippen molar-refractivity contribution in [2.75, 3.05) is 39.3 Å². The van der Waals surface area contributed by atoms with Crippen LogP contribution in [0.1, 0.15) is 31.2 Å². The first-order chi connectivity index (χ1) is 15.2. The fourth-order valence-electron chi connectivity index (χ4n) is 4.56. The minimum absolute atomic E-state index is 0.0797. The minimum Gasteiger partial charge on any atom is -0.341 e. The summed E-state index contributed by atoms with van der Waals surface area (Å²) in [6.45, 7) is 6.18. The molecule has 0 aliphatic carbocycles. The van der Waals surface area contributed by atoms with Crippen LogP contribution in [0.3, 0.4) is 0 Å². The van der Waals surface area contributed by atoms with E-state index in [-0.39, 0.29) is 18.4 Å². The van der Waals surface area contributed by atoms with Gasteiger partial charge in [-0.25, -0.2) is 9.67 Å². The third-order valence-corrected chi connectivity index (χ3v) is 6.38. The van der Waals surface area contributed by atoms with Gasteiger partial charge in [0, 0.05) is 52.2 Å². The second-order valence-electron chi connectivity index (χ2n) is 8.62. The van der Waals surface area contributed by atoms with Gasteiger partial charge in [-0.15, -0.1) is 0 Å². The molecule has 2 aliphatic heterocycles. The number of carbonyl (C=O) groups excluding carboxylic acids is 2. The first-order valence-corrected chi connectivity index (χ1v) is 11.3. The Kier molecular flexibility index (Phi) is 7.30. The lowest BCUT2D eigenvalue weighted by molar-refractivity contribution is -0.134. The number of piperazine rings is 1. The monoisotopic (exact) mass is 424 g/mol. The molecule has 2 fully saturated rings. The zero-order valence-corrected chi connectivity index (χ0v) is 18.1. The highest BCUT2D eigenvalue weighted by atomic mass is 16.2. The van der Waals surface area contributed by atoms with Crippen LogP contribution in [0.25, 0.3) is 0 Å². The number of rotatable bonds is 7. The first-order valence-electron chi connectivity index (χ1n) is 11.3. The maximum absolute atomic E-state index is 12.7. The number of likely N-dealkylation sites (tertiary alicyclic amines) is 1. The van der Waals surface area contributed by atoms with Crippen LogP contribution in [-0.2, 0) is 22.7 Å². The number of hydrogen-bond donors (Lipinski definition) is 0. The summed E-state index contributed by atoms with van der Waals surface area (Å²) >= 11 is 0. The molecule has 166 valence electrons. The van der Waals surface area contributed by atoms with Crippen molar-refractivity contribution in [3.05, 3.63) is 48.5 Å². The summed E-state index contributed by atoms with van der Waals surface area (Å²) in [7, 11) is 0. The third-order valence-electron chi connectivity index (χ3n) is 6.38. The lowest BCUT2D eigenvalue weighted by Crippen LogP contribution is -2.48. The molecule has 0 radical (unpaired) electrons. The zero-order valence-electron chi connectivity index (χ0n) is 18.1. The SMILES string of the molecule is O=C(CCC1CCCN(C(=O)Cn2cncn2)C1)N1CCN(Cc2ccccc2)CC1. The number of nitrogens with zero attached hydrogens (tertiary/aromatic N) is 6. The predicted octanol–water partition coefficient (Wildman–Crippen LogP) is 1.64. The maximum atomic E-state index is 12.7. The number of amides is 2. The number of piperidine rings is 1. The van der Waals surface area contributed by atoms with E-state index in [0.29, 0.717) is 12.3 Å². The van der Waals surface area contributed by atoms with Crippen molar-refractivity contribution < 1.29 is 9.59 Å². The maximum Gasteiger partial charge on any atom is 0.244 e. The van der Waals surface area contributed by atoms with E-state index in [1.165, 1.54) is 11.9 Å². The molecule has 1 atom stereocenters. The number of benzene rings is 1. The van der Waals surface area contributed by atoms with Crippen LogP contribution >= 0.6 is 0 Å². The molecule has 0 bridgehead atoms. The fourth-order valence-corrected chi connectivity index (χ4v) is 4.56. The molecule has 1 unspecified atom stereocenters. The normalized spacial score (nSPS) is 20.1. The van der Waals surface area contributed by atoms with Crippen molar-refractivity contribution in [1.82, 2.24) is 29.5 Å². The molecule has 2 aromatic rings. The van der Waals surface area contributed by atoms with E-state index in [2.05, 4.69) is 39.2 Å². The van der Waals surface area contributed by atoms with Crippen molar-refractivity contribution in [3.63, 3.8) is 0 Å². The molecule has 0 N–H and O–H groups in total. The zero-order chi connectivity index (χ0) is 21.5. The van der Waals surface area contributed by atoms with E-state index in [4.69, 9.17) is 0 Å². The van der Waals surface area contributed by atoms with Crippen molar-refractivity contribution in [2.24, 2.45) is 5.92 Å². The molecule has 3 heterocycles. The molecule has 2 saturated heterocycles. The first kappa shape index (κ1) is 21.5. The van der Waals surface area contributed by atoms with Gasteiger partial charge in [-0.05, 0) is 30.7 Å². The highest BCUT2D eigenvalue weighted by Gasteiger charge is 2.26. The predicted molar refractivity (Wildman–Crippen MR) is 117 cm³/mol. The fraction of sp³-hybridized carbons (Fsp3) is 0.565. The summed E-state index contributed by atoms with van der Waals surface area (Å²) in [5, 5.41) is 4.01. The van der Waals surface area contributed by atoms with Crippen molar-refractivity contribution in [3.8, 4) is 0 Å². The van der Waals surface area contributed by atoms with E-state index < -0.39 is 0 Å². The average Bonchev–Trinajstić information content (AvgIpc) is 3.32. The molecular weight excluding hydrogens is 392 g/mol. The molecule has 31 heavy (non-hydrogen) atoms. The highest BCUT2D eigenvalue weighted by molar-refractivity contribution is 5.77. The Morgan fingerprint density at radius 1 is 0.968 bits per heavy atom. The minimum atomic E-state index is 0.0797. The Morgan fingerprint density at radius 3 is 2.52 bits per heavy atom. The van der Waals surface area contributed by atoms with Gasteiger partial charge in [-0.3, -0.25) is 14.5 Å². The van der Waals surface area contributed by atoms with Crippen molar-refractivity contribution in [2.45, 2.75) is 38.8 Å². The molecule has 2 aliphatic rings. The summed E-state index contributed by atoms with van der Waals surface area (Å²) in [5.74, 6) is 0.734. The van der Waals surface area contributed by atoms with Gasteiger partial charge in [0.25, 0.3) is 0 Å². The van der Waals surface area contributed by atoms with Crippen LogP contribution in [-0.4, -0.2) is 80.5 Å². The van der Waals surface area contributed by atoms with Crippen molar-refractivity contribution >= 4 is 11.8 Å². The summed E-state index contributed by atoms with van der Waals surface area (Å²) < 4.78 is 1.56. The molecule has 1 aromatic heterocycles. The Morgan fingerprint density at radius 2 is 1.77 bits per heavy atom. The van der Waals surface area contributed by atoms with Crippen LogP contribution < -0.4 is 0 Å². The van der Waals surface area contributed by atoms with E-state index in [0.717, 1.165) is 65.1 Å². The Bertz CT molecular complexity index is 833. The van der Waals surface area contributed by atoms with Gasteiger partial charge in [0.05, 0.1) is 0 Å². The summed E-state index contributed by atoms with van der Waals surface area (Å²) in [4.78, 5) is 35.5. The van der Waals surface area contributed by atoms with Crippen LogP contribution in [0.15, 0.2) is 43.0 Å². The smallest absolute Gasteiger partial charge is 0.244 e. The van der Waals surface area contributed by atoms with Gasteiger partial charge >= 0.3 is 0 Å². The molecule has 8 nitrogen and oxygen atoms in total. The van der Waals surface area contributed by atoms with Gasteiger partial charge in [0.15, 0.2) is 0 Å². The lowest BCUT2D eigenvalue weighted by atomic mass is 9.93. The Balaban J connectivity index is 1.17. The number of hydrogen-bond acceptors (Lipinski definition) is 5. The van der Waals surface area contributed by atoms with E-state index in [1.807, 2.05) is 15.9 Å². The second-order valence-corrected chi connectivity index (χ2v) is 8.62. The van der Waals surface area contributed by atoms with Gasteiger partial charge in [-0.1, -0.05) is 30.3 Å².